The minimum atomic E-state index is -1.23. The molecule has 0 heterocycles. The van der Waals surface area contributed by atoms with Crippen LogP contribution in [0.25, 0.3) is 0 Å². The SMILES string of the molecule is COC(=O)C1(C(=O)O)C2CC3CC(C2)CC1C3. The maximum atomic E-state index is 12.1. The summed E-state index contributed by atoms with van der Waals surface area (Å²) in [6.07, 6.45) is 4.83. The molecule has 0 radical (unpaired) electrons. The average Bonchev–Trinajstić information content (AvgIpc) is 2.27. The summed E-state index contributed by atoms with van der Waals surface area (Å²) in [5, 5.41) is 9.60. The lowest BCUT2D eigenvalue weighted by molar-refractivity contribution is -0.195. The highest BCUT2D eigenvalue weighted by Crippen LogP contribution is 2.62. The van der Waals surface area contributed by atoms with E-state index >= 15 is 0 Å². The van der Waals surface area contributed by atoms with Gasteiger partial charge in [-0.15, -0.1) is 0 Å². The molecule has 1 N–H and O–H groups in total. The molecule has 4 bridgehead atoms. The molecule has 94 valence electrons. The summed E-state index contributed by atoms with van der Waals surface area (Å²) in [6, 6.07) is 0. The number of carbonyl (C=O) groups excluding carboxylic acids is 1. The van der Waals surface area contributed by atoms with Crippen molar-refractivity contribution in [1.82, 2.24) is 0 Å². The van der Waals surface area contributed by atoms with Crippen molar-refractivity contribution >= 4 is 11.9 Å². The molecule has 0 aromatic heterocycles. The molecule has 0 aliphatic heterocycles. The van der Waals surface area contributed by atoms with Crippen molar-refractivity contribution in [2.75, 3.05) is 7.11 Å². The second-order valence-corrected chi connectivity index (χ2v) is 5.97. The minimum absolute atomic E-state index is 0.00343. The first-order valence-corrected chi connectivity index (χ1v) is 6.40. The molecular weight excluding hydrogens is 220 g/mol. The maximum absolute atomic E-state index is 12.1. The van der Waals surface area contributed by atoms with E-state index in [1.807, 2.05) is 0 Å². The van der Waals surface area contributed by atoms with Crippen LogP contribution < -0.4 is 0 Å². The van der Waals surface area contributed by atoms with E-state index in [2.05, 4.69) is 0 Å². The highest BCUT2D eigenvalue weighted by Gasteiger charge is 2.66. The second kappa shape index (κ2) is 3.47. The van der Waals surface area contributed by atoms with Gasteiger partial charge in [0.2, 0.25) is 0 Å². The van der Waals surface area contributed by atoms with Gasteiger partial charge in [0, 0.05) is 0 Å². The number of aliphatic carboxylic acids is 1. The predicted molar refractivity (Wildman–Crippen MR) is 59.1 cm³/mol. The summed E-state index contributed by atoms with van der Waals surface area (Å²) in [5.74, 6) is -0.173. The number of methoxy groups -OCH3 is 1. The highest BCUT2D eigenvalue weighted by atomic mass is 16.5. The summed E-state index contributed by atoms with van der Waals surface area (Å²) in [6.45, 7) is 0. The number of rotatable bonds is 2. The molecule has 0 aromatic carbocycles. The Balaban J connectivity index is 2.04. The number of carboxylic acid groups (broad SMARTS) is 1. The van der Waals surface area contributed by atoms with Gasteiger partial charge >= 0.3 is 11.9 Å². The molecule has 0 spiro atoms. The van der Waals surface area contributed by atoms with Crippen molar-refractivity contribution in [3.05, 3.63) is 0 Å². The first kappa shape index (κ1) is 11.1. The highest BCUT2D eigenvalue weighted by molar-refractivity contribution is 6.00. The molecule has 0 saturated heterocycles. The van der Waals surface area contributed by atoms with Crippen LogP contribution in [0.4, 0.5) is 0 Å². The third-order valence-corrected chi connectivity index (χ3v) is 5.30. The predicted octanol–water partition coefficient (Wildman–Crippen LogP) is 1.69. The maximum Gasteiger partial charge on any atom is 0.323 e. The van der Waals surface area contributed by atoms with Gasteiger partial charge in [-0.25, -0.2) is 0 Å². The lowest BCUT2D eigenvalue weighted by atomic mass is 9.45. The smallest absolute Gasteiger partial charge is 0.323 e. The monoisotopic (exact) mass is 238 g/mol. The van der Waals surface area contributed by atoms with Gasteiger partial charge in [-0.05, 0) is 55.8 Å². The fourth-order valence-corrected chi connectivity index (χ4v) is 4.87. The average molecular weight is 238 g/mol. The summed E-state index contributed by atoms with van der Waals surface area (Å²) < 4.78 is 4.82. The van der Waals surface area contributed by atoms with Crippen LogP contribution in [0.3, 0.4) is 0 Å². The molecule has 0 aromatic rings. The Morgan fingerprint density at radius 2 is 1.53 bits per heavy atom. The van der Waals surface area contributed by atoms with E-state index in [1.165, 1.54) is 13.5 Å². The zero-order valence-corrected chi connectivity index (χ0v) is 10.0. The third-order valence-electron chi connectivity index (χ3n) is 5.30. The number of hydrogen-bond donors (Lipinski definition) is 1. The Kier molecular flexibility index (Phi) is 2.25. The van der Waals surface area contributed by atoms with Crippen LogP contribution in [0.15, 0.2) is 0 Å². The van der Waals surface area contributed by atoms with E-state index in [1.54, 1.807) is 0 Å². The van der Waals surface area contributed by atoms with Gasteiger partial charge in [0.1, 0.15) is 0 Å². The number of ether oxygens (including phenoxy) is 1. The Morgan fingerprint density at radius 3 is 1.88 bits per heavy atom. The van der Waals surface area contributed by atoms with E-state index in [-0.39, 0.29) is 11.8 Å². The number of carboxylic acids is 1. The Hall–Kier alpha value is -1.06. The van der Waals surface area contributed by atoms with Crippen LogP contribution in [0.2, 0.25) is 0 Å². The van der Waals surface area contributed by atoms with Crippen LogP contribution >= 0.6 is 0 Å². The van der Waals surface area contributed by atoms with E-state index < -0.39 is 17.4 Å². The third kappa shape index (κ3) is 1.24. The largest absolute Gasteiger partial charge is 0.480 e. The van der Waals surface area contributed by atoms with Crippen molar-refractivity contribution < 1.29 is 19.4 Å². The van der Waals surface area contributed by atoms with Crippen LogP contribution in [0, 0.1) is 29.1 Å². The first-order chi connectivity index (χ1) is 8.08. The van der Waals surface area contributed by atoms with Crippen LogP contribution in [0.1, 0.15) is 32.1 Å². The van der Waals surface area contributed by atoms with Gasteiger partial charge in [0.15, 0.2) is 5.41 Å². The van der Waals surface area contributed by atoms with Gasteiger partial charge in [0.05, 0.1) is 7.11 Å². The molecule has 4 aliphatic carbocycles. The zero-order valence-electron chi connectivity index (χ0n) is 10.0. The van der Waals surface area contributed by atoms with Crippen molar-refractivity contribution in [3.8, 4) is 0 Å². The Labute approximate surface area is 100 Å². The van der Waals surface area contributed by atoms with Crippen molar-refractivity contribution in [2.24, 2.45) is 29.1 Å². The fraction of sp³-hybridized carbons (Fsp3) is 0.846. The molecule has 0 amide bonds. The van der Waals surface area contributed by atoms with Gasteiger partial charge in [-0.2, -0.15) is 0 Å². The lowest BCUT2D eigenvalue weighted by Gasteiger charge is -2.57. The molecule has 4 aliphatic rings. The number of carbonyl (C=O) groups is 2. The quantitative estimate of drug-likeness (QED) is 0.587. The molecule has 0 unspecified atom stereocenters. The molecule has 4 fully saturated rings. The Morgan fingerprint density at radius 1 is 1.06 bits per heavy atom. The molecule has 0 atom stereocenters. The van der Waals surface area contributed by atoms with Gasteiger partial charge < -0.3 is 9.84 Å². The summed E-state index contributed by atoms with van der Waals surface area (Å²) in [7, 11) is 1.30. The lowest BCUT2D eigenvalue weighted by Crippen LogP contribution is -2.60. The summed E-state index contributed by atoms with van der Waals surface area (Å²) >= 11 is 0. The van der Waals surface area contributed by atoms with E-state index in [4.69, 9.17) is 4.74 Å². The number of esters is 1. The molecule has 4 nitrogen and oxygen atoms in total. The first-order valence-electron chi connectivity index (χ1n) is 6.40. The summed E-state index contributed by atoms with van der Waals surface area (Å²) in [4.78, 5) is 23.8. The molecule has 17 heavy (non-hydrogen) atoms. The van der Waals surface area contributed by atoms with Crippen LogP contribution in [0.5, 0.6) is 0 Å². The van der Waals surface area contributed by atoms with Crippen LogP contribution in [-0.2, 0) is 14.3 Å². The van der Waals surface area contributed by atoms with Crippen LogP contribution in [-0.4, -0.2) is 24.2 Å². The Bertz CT molecular complexity index is 346. The van der Waals surface area contributed by atoms with Crippen molar-refractivity contribution in [1.29, 1.82) is 0 Å². The van der Waals surface area contributed by atoms with Gasteiger partial charge in [0.25, 0.3) is 0 Å². The topological polar surface area (TPSA) is 63.6 Å². The molecule has 4 saturated carbocycles. The summed E-state index contributed by atoms with van der Waals surface area (Å²) in [5.41, 5.74) is -1.23. The van der Waals surface area contributed by atoms with Gasteiger partial charge in [-0.3, -0.25) is 9.59 Å². The minimum Gasteiger partial charge on any atom is -0.480 e. The number of hydrogen-bond acceptors (Lipinski definition) is 3. The zero-order chi connectivity index (χ0) is 12.2. The molecule has 4 rings (SSSR count). The molecule has 4 heteroatoms. The fourth-order valence-electron chi connectivity index (χ4n) is 4.87. The van der Waals surface area contributed by atoms with Gasteiger partial charge in [-0.1, -0.05) is 0 Å². The van der Waals surface area contributed by atoms with Crippen molar-refractivity contribution in [2.45, 2.75) is 32.1 Å². The van der Waals surface area contributed by atoms with E-state index in [9.17, 15) is 14.7 Å². The molecular formula is C13H18O4. The van der Waals surface area contributed by atoms with Crippen molar-refractivity contribution in [3.63, 3.8) is 0 Å². The van der Waals surface area contributed by atoms with E-state index in [0.717, 1.165) is 25.7 Å². The van der Waals surface area contributed by atoms with E-state index in [0.29, 0.717) is 11.8 Å². The standard InChI is InChI=1S/C13H18O4/c1-17-12(16)13(11(14)15)9-3-7-2-8(5-9)6-10(13)4-7/h7-10H,2-6H2,1H3,(H,14,15). The normalized spacial score (nSPS) is 46.9. The second-order valence-electron chi connectivity index (χ2n) is 5.97.